The van der Waals surface area contributed by atoms with E-state index in [1.165, 1.54) is 0 Å². The predicted molar refractivity (Wildman–Crippen MR) is 94.6 cm³/mol. The van der Waals surface area contributed by atoms with Gasteiger partial charge in [-0.05, 0) is 22.5 Å². The van der Waals surface area contributed by atoms with Crippen LogP contribution in [0.3, 0.4) is 0 Å². The Labute approximate surface area is 135 Å². The third-order valence-corrected chi connectivity index (χ3v) is 10.8. The van der Waals surface area contributed by atoms with Gasteiger partial charge >= 0.3 is 0 Å². The van der Waals surface area contributed by atoms with Gasteiger partial charge in [0.15, 0.2) is 0 Å². The molecule has 2 nitrogen and oxygen atoms in total. The molecule has 3 heteroatoms. The molecule has 0 N–H and O–H groups in total. The summed E-state index contributed by atoms with van der Waals surface area (Å²) in [5, 5.41) is 0. The van der Waals surface area contributed by atoms with E-state index in [0.29, 0.717) is 22.2 Å². The first-order valence-corrected chi connectivity index (χ1v) is 10.1. The van der Waals surface area contributed by atoms with Crippen molar-refractivity contribution >= 4 is 19.6 Å². The summed E-state index contributed by atoms with van der Waals surface area (Å²) in [6.45, 7) is 13.1. The monoisotopic (exact) mass is 314 g/mol. The first-order valence-electron chi connectivity index (χ1n) is 7.90. The first-order chi connectivity index (χ1) is 10.2. The largest absolute Gasteiger partial charge is 0.284 e. The summed E-state index contributed by atoms with van der Waals surface area (Å²) < 4.78 is 0. The van der Waals surface area contributed by atoms with E-state index in [1.807, 2.05) is 6.07 Å². The van der Waals surface area contributed by atoms with Crippen LogP contribution in [0.5, 0.6) is 0 Å². The van der Waals surface area contributed by atoms with Crippen molar-refractivity contribution in [2.75, 3.05) is 0 Å². The van der Waals surface area contributed by atoms with Gasteiger partial charge in [0.05, 0.1) is 0 Å². The van der Waals surface area contributed by atoms with Crippen LogP contribution >= 0.6 is 0 Å². The number of benzene rings is 1. The zero-order valence-corrected chi connectivity index (χ0v) is 15.4. The molecule has 0 aromatic heterocycles. The van der Waals surface area contributed by atoms with Crippen LogP contribution in [0.1, 0.15) is 51.9 Å². The van der Waals surface area contributed by atoms with Gasteiger partial charge in [0.1, 0.15) is 8.07 Å². The molecule has 0 aliphatic rings. The van der Waals surface area contributed by atoms with E-state index in [2.05, 4.69) is 53.0 Å². The Bertz CT molecular complexity index is 567. The summed E-state index contributed by atoms with van der Waals surface area (Å²) in [7, 11) is -1.97. The number of hydrogen-bond acceptors (Lipinski definition) is 2. The van der Waals surface area contributed by atoms with Crippen LogP contribution in [0.4, 0.5) is 0 Å². The topological polar surface area (TPSA) is 34.1 Å². The Balaban J connectivity index is 3.13. The molecule has 0 spiro atoms. The van der Waals surface area contributed by atoms with Crippen molar-refractivity contribution in [2.24, 2.45) is 0 Å². The van der Waals surface area contributed by atoms with Gasteiger partial charge in [0, 0.05) is 5.56 Å². The van der Waals surface area contributed by atoms with Crippen molar-refractivity contribution in [3.8, 4) is 11.5 Å². The molecule has 118 valence electrons. The molecular weight excluding hydrogens is 288 g/mol. The molecule has 0 radical (unpaired) electrons. The lowest BCUT2D eigenvalue weighted by atomic mass is 10.1. The van der Waals surface area contributed by atoms with E-state index in [9.17, 15) is 9.59 Å². The maximum atomic E-state index is 12.2. The molecule has 1 rings (SSSR count). The van der Waals surface area contributed by atoms with Gasteiger partial charge in [-0.3, -0.25) is 9.59 Å². The fourth-order valence-electron chi connectivity index (χ4n) is 3.38. The number of rotatable bonds is 5. The van der Waals surface area contributed by atoms with Crippen LogP contribution in [0.25, 0.3) is 0 Å². The second-order valence-corrected chi connectivity index (χ2v) is 12.3. The lowest BCUT2D eigenvalue weighted by molar-refractivity contribution is -0.110. The summed E-state index contributed by atoms with van der Waals surface area (Å²) >= 11 is 0. The van der Waals surface area contributed by atoms with E-state index < -0.39 is 19.6 Å². The summed E-state index contributed by atoms with van der Waals surface area (Å²) in [6, 6.07) is 8.63. The number of Topliss-reactive ketones (excluding diaryl/α,β-unsaturated/α-hetero) is 2. The molecular formula is C19H26O2Si. The van der Waals surface area contributed by atoms with Gasteiger partial charge in [0.25, 0.3) is 5.78 Å². The van der Waals surface area contributed by atoms with Crippen LogP contribution in [0.15, 0.2) is 30.3 Å². The highest BCUT2D eigenvalue weighted by Gasteiger charge is 2.41. The third kappa shape index (κ3) is 3.75. The Morgan fingerprint density at radius 2 is 1.32 bits per heavy atom. The summed E-state index contributed by atoms with van der Waals surface area (Å²) in [6.07, 6.45) is 0. The van der Waals surface area contributed by atoms with E-state index >= 15 is 0 Å². The smallest absolute Gasteiger partial charge is 0.275 e. The number of hydrogen-bond donors (Lipinski definition) is 0. The van der Waals surface area contributed by atoms with Crippen molar-refractivity contribution < 1.29 is 9.59 Å². The molecule has 22 heavy (non-hydrogen) atoms. The maximum Gasteiger partial charge on any atom is 0.275 e. The molecule has 0 saturated carbocycles. The zero-order chi connectivity index (χ0) is 16.9. The van der Waals surface area contributed by atoms with Crippen LogP contribution < -0.4 is 0 Å². The van der Waals surface area contributed by atoms with Crippen LogP contribution in [-0.4, -0.2) is 19.6 Å². The van der Waals surface area contributed by atoms with E-state index in [-0.39, 0.29) is 0 Å². The van der Waals surface area contributed by atoms with Gasteiger partial charge in [-0.15, -0.1) is 5.54 Å². The Kier molecular flexibility index (Phi) is 6.31. The Morgan fingerprint density at radius 1 is 0.864 bits per heavy atom. The van der Waals surface area contributed by atoms with Crippen molar-refractivity contribution in [2.45, 2.75) is 58.2 Å². The second kappa shape index (κ2) is 7.55. The predicted octanol–water partition coefficient (Wildman–Crippen LogP) is 4.66. The molecule has 0 saturated heterocycles. The zero-order valence-electron chi connectivity index (χ0n) is 14.4. The van der Waals surface area contributed by atoms with Crippen LogP contribution in [0.2, 0.25) is 16.6 Å². The highest BCUT2D eigenvalue weighted by molar-refractivity contribution is 6.91. The lowest BCUT2D eigenvalue weighted by Gasteiger charge is -2.37. The summed E-state index contributed by atoms with van der Waals surface area (Å²) in [5.41, 5.74) is 5.04. The normalized spacial score (nSPS) is 11.5. The van der Waals surface area contributed by atoms with E-state index in [4.69, 9.17) is 0 Å². The minimum atomic E-state index is -1.97. The Morgan fingerprint density at radius 3 is 1.73 bits per heavy atom. The molecule has 0 unspecified atom stereocenters. The maximum absolute atomic E-state index is 12.2. The van der Waals surface area contributed by atoms with Crippen molar-refractivity contribution in [1.29, 1.82) is 0 Å². The quantitative estimate of drug-likeness (QED) is 0.343. The molecule has 0 heterocycles. The van der Waals surface area contributed by atoms with Crippen molar-refractivity contribution in [3.05, 3.63) is 35.9 Å². The highest BCUT2D eigenvalue weighted by atomic mass is 28.3. The van der Waals surface area contributed by atoms with E-state index in [1.54, 1.807) is 24.3 Å². The first kappa shape index (κ1) is 18.4. The van der Waals surface area contributed by atoms with Gasteiger partial charge in [-0.25, -0.2) is 0 Å². The second-order valence-electron chi connectivity index (χ2n) is 6.67. The lowest BCUT2D eigenvalue weighted by Crippen LogP contribution is -2.43. The molecule has 0 aliphatic heterocycles. The third-order valence-electron chi connectivity index (χ3n) is 4.50. The van der Waals surface area contributed by atoms with Crippen molar-refractivity contribution in [1.82, 2.24) is 0 Å². The van der Waals surface area contributed by atoms with Gasteiger partial charge < -0.3 is 0 Å². The standard InChI is InChI=1S/C19H26O2Si/c1-14(2)22(15(3)4,16(5)6)13-12-18(20)19(21)17-10-8-7-9-11-17/h7-11,14-16H,1-6H3. The average molecular weight is 315 g/mol. The SMILES string of the molecule is CC(C)[Si](C#CC(=O)C(=O)c1ccccc1)(C(C)C)C(C)C. The molecule has 1 aromatic rings. The molecule has 0 bridgehead atoms. The average Bonchev–Trinajstić information content (AvgIpc) is 2.46. The molecule has 0 amide bonds. The van der Waals surface area contributed by atoms with Gasteiger partial charge in [-0.1, -0.05) is 71.9 Å². The van der Waals surface area contributed by atoms with Gasteiger partial charge in [-0.2, -0.15) is 0 Å². The fourth-order valence-corrected chi connectivity index (χ4v) is 8.57. The van der Waals surface area contributed by atoms with Crippen molar-refractivity contribution in [3.63, 3.8) is 0 Å². The van der Waals surface area contributed by atoms with E-state index in [0.717, 1.165) is 0 Å². The highest BCUT2D eigenvalue weighted by Crippen LogP contribution is 2.40. The van der Waals surface area contributed by atoms with Crippen LogP contribution in [0, 0.1) is 11.5 Å². The molecule has 1 aromatic carbocycles. The minimum Gasteiger partial charge on any atom is -0.284 e. The Hall–Kier alpha value is -1.66. The minimum absolute atomic E-state index is 0.410. The molecule has 0 atom stereocenters. The summed E-state index contributed by atoms with van der Waals surface area (Å²) in [5.74, 6) is 1.59. The van der Waals surface area contributed by atoms with Gasteiger partial charge in [0.2, 0.25) is 5.78 Å². The van der Waals surface area contributed by atoms with Crippen LogP contribution in [-0.2, 0) is 4.79 Å². The fraction of sp³-hybridized carbons (Fsp3) is 0.474. The summed E-state index contributed by atoms with van der Waals surface area (Å²) in [4.78, 5) is 24.3. The molecule has 0 fully saturated rings. The number of carbonyl (C=O) groups excluding carboxylic acids is 2. The number of ketones is 2. The number of carbonyl (C=O) groups is 2. The molecule has 0 aliphatic carbocycles.